The van der Waals surface area contributed by atoms with E-state index in [1.54, 1.807) is 0 Å². The largest absolute Gasteiger partial charge is 0.466 e. The molecule has 0 aromatic heterocycles. The lowest BCUT2D eigenvalue weighted by Gasteiger charge is -2.06. The Labute approximate surface area is 320 Å². The number of rotatable bonds is 42. The molecule has 0 aliphatic carbocycles. The lowest BCUT2D eigenvalue weighted by atomic mass is 10.0. The molecule has 0 aromatic rings. The van der Waals surface area contributed by atoms with E-state index in [1.165, 1.54) is 180 Å². The first-order chi connectivity index (χ1) is 24.9. The van der Waals surface area contributed by atoms with Gasteiger partial charge in [-0.15, -0.1) is 0 Å². The van der Waals surface area contributed by atoms with Gasteiger partial charge in [-0.2, -0.15) is 0 Å². The molecule has 0 saturated heterocycles. The van der Waals surface area contributed by atoms with Crippen LogP contribution in [0.15, 0.2) is 0 Å². The van der Waals surface area contributed by atoms with E-state index in [2.05, 4.69) is 27.7 Å². The molecule has 0 rings (SSSR count). The highest BCUT2D eigenvalue weighted by molar-refractivity contribution is 5.69. The quantitative estimate of drug-likeness (QED) is 0.0465. The van der Waals surface area contributed by atoms with Crippen LogP contribution >= 0.6 is 0 Å². The fourth-order valence-electron chi connectivity index (χ4n) is 7.14. The van der Waals surface area contributed by atoms with Crippen molar-refractivity contribution < 1.29 is 19.1 Å². The average Bonchev–Trinajstić information content (AvgIpc) is 3.10. The Morgan fingerprint density at radius 2 is 0.490 bits per heavy atom. The van der Waals surface area contributed by atoms with Crippen molar-refractivity contribution in [1.29, 1.82) is 0 Å². The molecule has 0 unspecified atom stereocenters. The third kappa shape index (κ3) is 45.0. The highest BCUT2D eigenvalue weighted by Gasteiger charge is 2.06. The van der Waals surface area contributed by atoms with Gasteiger partial charge in [-0.25, -0.2) is 0 Å². The number of hydrogen-bond acceptors (Lipinski definition) is 4. The summed E-state index contributed by atoms with van der Waals surface area (Å²) in [7, 11) is 0. The number of ether oxygens (including phenoxy) is 2. The molecule has 0 amide bonds. The van der Waals surface area contributed by atoms with E-state index in [-0.39, 0.29) is 11.9 Å². The minimum absolute atomic E-state index is 0.0859. The zero-order valence-corrected chi connectivity index (χ0v) is 35.4. The normalized spacial score (nSPS) is 11.6. The maximum Gasteiger partial charge on any atom is 0.305 e. The van der Waals surface area contributed by atoms with Gasteiger partial charge < -0.3 is 9.47 Å². The van der Waals surface area contributed by atoms with E-state index >= 15 is 0 Å². The average molecular weight is 721 g/mol. The van der Waals surface area contributed by atoms with Crippen LogP contribution in [-0.2, 0) is 19.1 Å². The second-order valence-corrected chi connectivity index (χ2v) is 17.0. The summed E-state index contributed by atoms with van der Waals surface area (Å²) in [6.07, 6.45) is 46.7. The van der Waals surface area contributed by atoms with Crippen LogP contribution in [0.25, 0.3) is 0 Å². The summed E-state index contributed by atoms with van der Waals surface area (Å²) in [5, 5.41) is 0. The number of hydrogen-bond donors (Lipinski definition) is 0. The Kier molecular flexibility index (Phi) is 40.8. The Bertz CT molecular complexity index is 644. The summed E-state index contributed by atoms with van der Waals surface area (Å²) in [6, 6.07) is 0. The van der Waals surface area contributed by atoms with Gasteiger partial charge in [0.05, 0.1) is 13.2 Å². The minimum atomic E-state index is -0.0859. The summed E-state index contributed by atoms with van der Waals surface area (Å²) in [5.41, 5.74) is 0. The number of esters is 2. The highest BCUT2D eigenvalue weighted by atomic mass is 16.5. The summed E-state index contributed by atoms with van der Waals surface area (Å²) in [4.78, 5) is 24.0. The van der Waals surface area contributed by atoms with Crippen LogP contribution in [0.4, 0.5) is 0 Å². The fourth-order valence-corrected chi connectivity index (χ4v) is 7.14. The Balaban J connectivity index is 3.25. The molecule has 4 heteroatoms. The molecule has 0 radical (unpaired) electrons. The Hall–Kier alpha value is -1.06. The zero-order valence-electron chi connectivity index (χ0n) is 35.4. The van der Waals surface area contributed by atoms with Gasteiger partial charge in [0.1, 0.15) is 0 Å². The number of carbonyl (C=O) groups excluding carboxylic acids is 2. The van der Waals surface area contributed by atoms with E-state index in [1.807, 2.05) is 0 Å². The van der Waals surface area contributed by atoms with Crippen molar-refractivity contribution in [3.63, 3.8) is 0 Å². The van der Waals surface area contributed by atoms with Crippen LogP contribution in [0.1, 0.15) is 265 Å². The summed E-state index contributed by atoms with van der Waals surface area (Å²) in [5.74, 6) is 1.56. The van der Waals surface area contributed by atoms with Gasteiger partial charge in [0.15, 0.2) is 0 Å². The van der Waals surface area contributed by atoms with Crippen molar-refractivity contribution in [1.82, 2.24) is 0 Å². The molecule has 4 nitrogen and oxygen atoms in total. The molecular weight excluding hydrogens is 629 g/mol. The fraction of sp³-hybridized carbons (Fsp3) is 0.957. The van der Waals surface area contributed by atoms with Gasteiger partial charge in [-0.05, 0) is 37.5 Å². The molecular formula is C47H92O4. The maximum absolute atomic E-state index is 12.0. The molecule has 0 spiro atoms. The van der Waals surface area contributed by atoms with Crippen molar-refractivity contribution in [3.05, 3.63) is 0 Å². The molecule has 0 atom stereocenters. The van der Waals surface area contributed by atoms with Crippen molar-refractivity contribution in [3.8, 4) is 0 Å². The molecule has 0 aliphatic rings. The first-order valence-electron chi connectivity index (χ1n) is 23.2. The van der Waals surface area contributed by atoms with Crippen LogP contribution in [0.2, 0.25) is 0 Å². The van der Waals surface area contributed by atoms with E-state index in [9.17, 15) is 9.59 Å². The molecule has 0 bridgehead atoms. The van der Waals surface area contributed by atoms with Crippen molar-refractivity contribution >= 4 is 11.9 Å². The van der Waals surface area contributed by atoms with Crippen molar-refractivity contribution in [2.75, 3.05) is 13.2 Å². The maximum atomic E-state index is 12.0. The SMILES string of the molecule is CC(C)CCCCCCCCCCCCCCCCCOC(=O)CCCCCC(=O)OCCCCCCCCCCCCCCCCCC(C)C. The number of unbranched alkanes of at least 4 members (excludes halogenated alkanes) is 30. The lowest BCUT2D eigenvalue weighted by Crippen LogP contribution is -2.07. The summed E-state index contributed by atoms with van der Waals surface area (Å²) in [6.45, 7) is 10.4. The first-order valence-corrected chi connectivity index (χ1v) is 23.2. The number of carbonyl (C=O) groups is 2. The third-order valence-corrected chi connectivity index (χ3v) is 10.6. The van der Waals surface area contributed by atoms with Crippen LogP contribution in [0.5, 0.6) is 0 Å². The molecule has 0 heterocycles. The summed E-state index contributed by atoms with van der Waals surface area (Å²) < 4.78 is 10.8. The second-order valence-electron chi connectivity index (χ2n) is 17.0. The van der Waals surface area contributed by atoms with E-state index in [0.29, 0.717) is 26.1 Å². The smallest absolute Gasteiger partial charge is 0.305 e. The molecule has 0 aliphatic heterocycles. The minimum Gasteiger partial charge on any atom is -0.466 e. The molecule has 0 N–H and O–H groups in total. The van der Waals surface area contributed by atoms with Crippen molar-refractivity contribution in [2.24, 2.45) is 11.8 Å². The lowest BCUT2D eigenvalue weighted by molar-refractivity contribution is -0.144. The molecule has 304 valence electrons. The third-order valence-electron chi connectivity index (χ3n) is 10.6. The predicted molar refractivity (Wildman–Crippen MR) is 222 cm³/mol. The van der Waals surface area contributed by atoms with Crippen LogP contribution < -0.4 is 0 Å². The van der Waals surface area contributed by atoms with Crippen LogP contribution in [-0.4, -0.2) is 25.2 Å². The van der Waals surface area contributed by atoms with Gasteiger partial charge in [0.2, 0.25) is 0 Å². The van der Waals surface area contributed by atoms with E-state index in [4.69, 9.17) is 9.47 Å². The van der Waals surface area contributed by atoms with Crippen LogP contribution in [0.3, 0.4) is 0 Å². The van der Waals surface area contributed by atoms with E-state index in [0.717, 1.165) is 56.8 Å². The molecule has 0 fully saturated rings. The highest BCUT2D eigenvalue weighted by Crippen LogP contribution is 2.17. The van der Waals surface area contributed by atoms with Gasteiger partial charge >= 0.3 is 11.9 Å². The van der Waals surface area contributed by atoms with Gasteiger partial charge in [0.25, 0.3) is 0 Å². The monoisotopic (exact) mass is 721 g/mol. The van der Waals surface area contributed by atoms with Gasteiger partial charge in [-0.1, -0.05) is 227 Å². The van der Waals surface area contributed by atoms with Gasteiger partial charge in [0, 0.05) is 12.8 Å². The standard InChI is InChI=1S/C47H92O4/c1-44(2)38-32-27-23-19-15-11-7-5-9-13-17-21-25-29-36-42-50-46(48)40-34-31-35-41-47(49)51-43-37-30-26-22-18-14-10-6-8-12-16-20-24-28-33-39-45(3)4/h44-45H,5-43H2,1-4H3. The predicted octanol–water partition coefficient (Wildman–Crippen LogP) is 15.8. The molecule has 51 heavy (non-hydrogen) atoms. The van der Waals surface area contributed by atoms with E-state index < -0.39 is 0 Å². The second kappa shape index (κ2) is 41.7. The topological polar surface area (TPSA) is 52.6 Å². The Morgan fingerprint density at radius 1 is 0.294 bits per heavy atom. The van der Waals surface area contributed by atoms with Gasteiger partial charge in [-0.3, -0.25) is 9.59 Å². The first kappa shape index (κ1) is 49.9. The zero-order chi connectivity index (χ0) is 37.3. The van der Waals surface area contributed by atoms with Crippen molar-refractivity contribution in [2.45, 2.75) is 265 Å². The Morgan fingerprint density at radius 3 is 0.725 bits per heavy atom. The summed E-state index contributed by atoms with van der Waals surface area (Å²) >= 11 is 0. The molecule has 0 saturated carbocycles. The molecule has 0 aromatic carbocycles. The van der Waals surface area contributed by atoms with Crippen LogP contribution in [0, 0.1) is 11.8 Å².